The summed E-state index contributed by atoms with van der Waals surface area (Å²) in [7, 11) is 0. The van der Waals surface area contributed by atoms with Crippen LogP contribution in [0.4, 0.5) is 0 Å². The maximum absolute atomic E-state index is 5.85. The van der Waals surface area contributed by atoms with Gasteiger partial charge in [-0.15, -0.1) is 0 Å². The van der Waals surface area contributed by atoms with Gasteiger partial charge in [-0.3, -0.25) is 0 Å². The molecule has 0 spiro atoms. The van der Waals surface area contributed by atoms with Gasteiger partial charge in [-0.25, -0.2) is 9.97 Å². The fraction of sp³-hybridized carbons (Fsp3) is 0.167. The first-order chi connectivity index (χ1) is 8.15. The fourth-order valence-electron chi connectivity index (χ4n) is 1.36. The number of ether oxygens (including phenoxy) is 1. The topological polar surface area (TPSA) is 35.0 Å². The van der Waals surface area contributed by atoms with Gasteiger partial charge in [-0.05, 0) is 41.1 Å². The van der Waals surface area contributed by atoms with Gasteiger partial charge in [-0.2, -0.15) is 0 Å². The van der Waals surface area contributed by atoms with Gasteiger partial charge < -0.3 is 4.74 Å². The van der Waals surface area contributed by atoms with Gasteiger partial charge in [0.1, 0.15) is 17.5 Å². The molecule has 0 unspecified atom stereocenters. The normalized spacial score (nSPS) is 10.3. The van der Waals surface area contributed by atoms with Crippen molar-refractivity contribution in [1.29, 1.82) is 0 Å². The van der Waals surface area contributed by atoms with E-state index in [-0.39, 0.29) is 0 Å². The molecule has 0 saturated heterocycles. The lowest BCUT2D eigenvalue weighted by Gasteiger charge is -2.07. The van der Waals surface area contributed by atoms with Crippen LogP contribution in [-0.4, -0.2) is 9.97 Å². The largest absolute Gasteiger partial charge is 0.484 e. The van der Waals surface area contributed by atoms with Gasteiger partial charge in [0.2, 0.25) is 0 Å². The Morgan fingerprint density at radius 2 is 2.06 bits per heavy atom. The van der Waals surface area contributed by atoms with Crippen LogP contribution in [0.5, 0.6) is 5.75 Å². The molecule has 0 radical (unpaired) electrons. The predicted octanol–water partition coefficient (Wildman–Crippen LogP) is 3.78. The summed E-state index contributed by atoms with van der Waals surface area (Å²) >= 11 is 9.25. The summed E-state index contributed by atoms with van der Waals surface area (Å²) < 4.78 is 6.50. The SMILES string of the molecule is Cc1cc(Cl)nc(COc2ccccc2Br)n1. The van der Waals surface area contributed by atoms with Crippen molar-refractivity contribution in [2.75, 3.05) is 0 Å². The van der Waals surface area contributed by atoms with E-state index in [1.54, 1.807) is 6.07 Å². The van der Waals surface area contributed by atoms with Gasteiger partial charge in [0.05, 0.1) is 4.47 Å². The number of aryl methyl sites for hydroxylation is 1. The molecule has 2 aromatic rings. The summed E-state index contributed by atoms with van der Waals surface area (Å²) in [5, 5.41) is 0.434. The van der Waals surface area contributed by atoms with Crippen molar-refractivity contribution in [3.8, 4) is 5.75 Å². The second-order valence-corrected chi connectivity index (χ2v) is 4.71. The highest BCUT2D eigenvalue weighted by atomic mass is 79.9. The molecule has 0 aliphatic heterocycles. The third kappa shape index (κ3) is 3.41. The van der Waals surface area contributed by atoms with Crippen LogP contribution in [0, 0.1) is 6.92 Å². The summed E-state index contributed by atoms with van der Waals surface area (Å²) in [5.74, 6) is 1.33. The molecule has 0 N–H and O–H groups in total. The minimum absolute atomic E-state index is 0.296. The molecule has 0 saturated carbocycles. The van der Waals surface area contributed by atoms with E-state index in [0.29, 0.717) is 17.6 Å². The van der Waals surface area contributed by atoms with Crippen molar-refractivity contribution in [2.45, 2.75) is 13.5 Å². The summed E-state index contributed by atoms with van der Waals surface area (Å²) in [4.78, 5) is 8.34. The molecular formula is C12H10BrClN2O. The Bertz CT molecular complexity index is 513. The van der Waals surface area contributed by atoms with Gasteiger partial charge in [0, 0.05) is 5.69 Å². The number of hydrogen-bond acceptors (Lipinski definition) is 3. The van der Waals surface area contributed by atoms with Crippen LogP contribution in [0.3, 0.4) is 0 Å². The highest BCUT2D eigenvalue weighted by Crippen LogP contribution is 2.24. The van der Waals surface area contributed by atoms with Crippen molar-refractivity contribution in [1.82, 2.24) is 9.97 Å². The molecule has 0 aliphatic rings. The molecule has 1 aromatic heterocycles. The van der Waals surface area contributed by atoms with Crippen LogP contribution < -0.4 is 4.74 Å². The summed E-state index contributed by atoms with van der Waals surface area (Å²) in [6.45, 7) is 2.17. The van der Waals surface area contributed by atoms with Crippen molar-refractivity contribution >= 4 is 27.5 Å². The first-order valence-electron chi connectivity index (χ1n) is 5.02. The van der Waals surface area contributed by atoms with Gasteiger partial charge in [0.25, 0.3) is 0 Å². The minimum Gasteiger partial charge on any atom is -0.484 e. The quantitative estimate of drug-likeness (QED) is 0.809. The van der Waals surface area contributed by atoms with Crippen molar-refractivity contribution < 1.29 is 4.74 Å². The van der Waals surface area contributed by atoms with Crippen molar-refractivity contribution in [3.63, 3.8) is 0 Å². The van der Waals surface area contributed by atoms with E-state index < -0.39 is 0 Å². The molecule has 17 heavy (non-hydrogen) atoms. The molecule has 3 nitrogen and oxygen atoms in total. The molecule has 2 rings (SSSR count). The molecule has 0 bridgehead atoms. The zero-order valence-electron chi connectivity index (χ0n) is 9.15. The van der Waals surface area contributed by atoms with Crippen molar-refractivity contribution in [3.05, 3.63) is 51.5 Å². The van der Waals surface area contributed by atoms with Crippen LogP contribution in [0.25, 0.3) is 0 Å². The second kappa shape index (κ2) is 5.47. The fourth-order valence-corrected chi connectivity index (χ4v) is 2.01. The smallest absolute Gasteiger partial charge is 0.167 e. The van der Waals surface area contributed by atoms with E-state index in [2.05, 4.69) is 25.9 Å². The lowest BCUT2D eigenvalue weighted by Crippen LogP contribution is -2.03. The second-order valence-electron chi connectivity index (χ2n) is 3.47. The van der Waals surface area contributed by atoms with E-state index >= 15 is 0 Å². The molecule has 1 heterocycles. The molecular weight excluding hydrogens is 304 g/mol. The number of aromatic nitrogens is 2. The van der Waals surface area contributed by atoms with E-state index in [4.69, 9.17) is 16.3 Å². The minimum atomic E-state index is 0.296. The standard InChI is InChI=1S/C12H10BrClN2O/c1-8-6-11(14)16-12(15-8)7-17-10-5-3-2-4-9(10)13/h2-6H,7H2,1H3. The number of rotatable bonds is 3. The molecule has 1 aromatic carbocycles. The van der Waals surface area contributed by atoms with Crippen LogP contribution in [-0.2, 0) is 6.61 Å². The van der Waals surface area contributed by atoms with E-state index in [1.165, 1.54) is 0 Å². The first-order valence-corrected chi connectivity index (χ1v) is 6.19. The number of halogens is 2. The maximum atomic E-state index is 5.85. The van der Waals surface area contributed by atoms with Crippen LogP contribution in [0.2, 0.25) is 5.15 Å². The average Bonchev–Trinajstić information content (AvgIpc) is 2.27. The zero-order chi connectivity index (χ0) is 12.3. The third-order valence-electron chi connectivity index (χ3n) is 2.06. The molecule has 0 amide bonds. The van der Waals surface area contributed by atoms with Crippen LogP contribution in [0.1, 0.15) is 11.5 Å². The van der Waals surface area contributed by atoms with Gasteiger partial charge in [-0.1, -0.05) is 23.7 Å². The van der Waals surface area contributed by atoms with Gasteiger partial charge in [0.15, 0.2) is 5.82 Å². The van der Waals surface area contributed by atoms with Gasteiger partial charge >= 0.3 is 0 Å². The lowest BCUT2D eigenvalue weighted by molar-refractivity contribution is 0.293. The average molecular weight is 314 g/mol. The number of benzene rings is 1. The molecule has 0 fully saturated rings. The third-order valence-corrected chi connectivity index (χ3v) is 2.91. The van der Waals surface area contributed by atoms with Crippen LogP contribution >= 0.6 is 27.5 Å². The Hall–Kier alpha value is -1.13. The van der Waals surface area contributed by atoms with E-state index in [1.807, 2.05) is 31.2 Å². The summed E-state index contributed by atoms with van der Waals surface area (Å²) in [5.41, 5.74) is 0.829. The highest BCUT2D eigenvalue weighted by Gasteiger charge is 2.04. The van der Waals surface area contributed by atoms with E-state index in [9.17, 15) is 0 Å². The Morgan fingerprint density at radius 1 is 1.29 bits per heavy atom. The van der Waals surface area contributed by atoms with Crippen molar-refractivity contribution in [2.24, 2.45) is 0 Å². The Kier molecular flexibility index (Phi) is 3.97. The Labute approximate surface area is 113 Å². The molecule has 0 aliphatic carbocycles. The van der Waals surface area contributed by atoms with E-state index in [0.717, 1.165) is 15.9 Å². The Balaban J connectivity index is 2.10. The summed E-state index contributed by atoms with van der Waals surface area (Å²) in [6, 6.07) is 9.34. The number of hydrogen-bond donors (Lipinski definition) is 0. The number of nitrogens with zero attached hydrogens (tertiary/aromatic N) is 2. The zero-order valence-corrected chi connectivity index (χ0v) is 11.5. The highest BCUT2D eigenvalue weighted by molar-refractivity contribution is 9.10. The predicted molar refractivity (Wildman–Crippen MR) is 70.3 cm³/mol. The first kappa shape index (κ1) is 12.3. The molecule has 5 heteroatoms. The molecule has 0 atom stereocenters. The number of para-hydroxylation sites is 1. The maximum Gasteiger partial charge on any atom is 0.167 e. The molecule has 88 valence electrons. The summed E-state index contributed by atoms with van der Waals surface area (Å²) in [6.07, 6.45) is 0. The Morgan fingerprint density at radius 3 is 2.76 bits per heavy atom. The lowest BCUT2D eigenvalue weighted by atomic mass is 10.3. The monoisotopic (exact) mass is 312 g/mol. The van der Waals surface area contributed by atoms with Crippen LogP contribution in [0.15, 0.2) is 34.8 Å².